The zero-order valence-electron chi connectivity index (χ0n) is 12.1. The lowest BCUT2D eigenvalue weighted by Gasteiger charge is -2.56. The SMILES string of the molecule is CC1(C)C2OCCC2C1N1C(=O)c2cccc(N)c2C1=O. The summed E-state index contributed by atoms with van der Waals surface area (Å²) >= 11 is 0. The van der Waals surface area contributed by atoms with Crippen molar-refractivity contribution in [1.29, 1.82) is 0 Å². The van der Waals surface area contributed by atoms with Crippen LogP contribution in [0.2, 0.25) is 0 Å². The molecule has 2 heterocycles. The number of carbonyl (C=O) groups excluding carboxylic acids is 2. The van der Waals surface area contributed by atoms with E-state index in [2.05, 4.69) is 13.8 Å². The lowest BCUT2D eigenvalue weighted by molar-refractivity contribution is -0.135. The monoisotopic (exact) mass is 286 g/mol. The Morgan fingerprint density at radius 3 is 2.76 bits per heavy atom. The molecule has 110 valence electrons. The van der Waals surface area contributed by atoms with Crippen molar-refractivity contribution < 1.29 is 14.3 Å². The molecular formula is C16H18N2O3. The van der Waals surface area contributed by atoms with Crippen LogP contribution in [0.25, 0.3) is 0 Å². The van der Waals surface area contributed by atoms with Crippen LogP contribution >= 0.6 is 0 Å². The third kappa shape index (κ3) is 1.39. The van der Waals surface area contributed by atoms with Gasteiger partial charge >= 0.3 is 0 Å². The topological polar surface area (TPSA) is 72.6 Å². The second-order valence-electron chi connectivity index (χ2n) is 6.76. The summed E-state index contributed by atoms with van der Waals surface area (Å²) in [7, 11) is 0. The summed E-state index contributed by atoms with van der Waals surface area (Å²) in [6.07, 6.45) is 1.05. The third-order valence-corrected chi connectivity index (χ3v) is 5.30. The van der Waals surface area contributed by atoms with Gasteiger partial charge in [0.2, 0.25) is 0 Å². The van der Waals surface area contributed by atoms with Gasteiger partial charge < -0.3 is 10.5 Å². The highest BCUT2D eigenvalue weighted by molar-refractivity contribution is 6.23. The molecule has 2 amide bonds. The average Bonchev–Trinajstić information content (AvgIpc) is 2.97. The van der Waals surface area contributed by atoms with E-state index in [4.69, 9.17) is 10.5 Å². The van der Waals surface area contributed by atoms with Gasteiger partial charge in [-0.15, -0.1) is 0 Å². The molecule has 0 aromatic heterocycles. The Bertz CT molecular complexity index is 667. The van der Waals surface area contributed by atoms with Crippen molar-refractivity contribution >= 4 is 17.5 Å². The maximum atomic E-state index is 12.7. The van der Waals surface area contributed by atoms with E-state index < -0.39 is 0 Å². The highest BCUT2D eigenvalue weighted by atomic mass is 16.5. The second-order valence-corrected chi connectivity index (χ2v) is 6.76. The molecule has 21 heavy (non-hydrogen) atoms. The van der Waals surface area contributed by atoms with Crippen molar-refractivity contribution in [3.05, 3.63) is 29.3 Å². The smallest absolute Gasteiger partial charge is 0.263 e. The van der Waals surface area contributed by atoms with E-state index in [1.54, 1.807) is 18.2 Å². The highest BCUT2D eigenvalue weighted by Gasteiger charge is 2.64. The quantitative estimate of drug-likeness (QED) is 0.629. The molecule has 2 N–H and O–H groups in total. The summed E-state index contributed by atoms with van der Waals surface area (Å²) in [6, 6.07) is 4.97. The summed E-state index contributed by atoms with van der Waals surface area (Å²) in [4.78, 5) is 26.8. The molecule has 0 bridgehead atoms. The molecule has 5 heteroatoms. The Kier molecular flexibility index (Phi) is 2.35. The molecule has 2 aliphatic heterocycles. The number of imide groups is 1. The predicted octanol–water partition coefficient (Wildman–Crippen LogP) is 1.68. The van der Waals surface area contributed by atoms with E-state index in [-0.39, 0.29) is 35.3 Å². The number of amides is 2. The number of hydrogen-bond acceptors (Lipinski definition) is 4. The molecule has 0 spiro atoms. The van der Waals surface area contributed by atoms with Crippen LogP contribution in [0.5, 0.6) is 0 Å². The summed E-state index contributed by atoms with van der Waals surface area (Å²) in [5.41, 5.74) is 6.86. The molecule has 1 aromatic rings. The minimum atomic E-state index is -0.253. The lowest BCUT2D eigenvalue weighted by Crippen LogP contribution is -2.67. The van der Waals surface area contributed by atoms with Gasteiger partial charge in [0, 0.05) is 23.6 Å². The van der Waals surface area contributed by atoms with Crippen LogP contribution in [0.15, 0.2) is 18.2 Å². The van der Waals surface area contributed by atoms with Crippen molar-refractivity contribution in [2.75, 3.05) is 12.3 Å². The highest BCUT2D eigenvalue weighted by Crippen LogP contribution is 2.55. The molecule has 0 radical (unpaired) electrons. The molecule has 1 saturated carbocycles. The Balaban J connectivity index is 1.77. The number of nitrogens with two attached hydrogens (primary N) is 1. The number of fused-ring (bicyclic) bond motifs is 2. The van der Waals surface area contributed by atoms with Gasteiger partial charge in [-0.25, -0.2) is 0 Å². The van der Waals surface area contributed by atoms with Gasteiger partial charge in [-0.3, -0.25) is 14.5 Å². The van der Waals surface area contributed by atoms with Crippen LogP contribution in [-0.2, 0) is 4.74 Å². The van der Waals surface area contributed by atoms with E-state index >= 15 is 0 Å². The molecule has 4 rings (SSSR count). The Morgan fingerprint density at radius 2 is 2.05 bits per heavy atom. The fourth-order valence-corrected chi connectivity index (χ4v) is 4.40. The van der Waals surface area contributed by atoms with E-state index in [9.17, 15) is 9.59 Å². The molecule has 2 fully saturated rings. The van der Waals surface area contributed by atoms with Crippen molar-refractivity contribution in [3.8, 4) is 0 Å². The van der Waals surface area contributed by atoms with E-state index in [0.29, 0.717) is 23.4 Å². The molecule has 1 aromatic carbocycles. The Morgan fingerprint density at radius 1 is 1.29 bits per heavy atom. The first-order valence-electron chi connectivity index (χ1n) is 7.32. The number of rotatable bonds is 1. The fraction of sp³-hybridized carbons (Fsp3) is 0.500. The zero-order chi connectivity index (χ0) is 14.9. The van der Waals surface area contributed by atoms with E-state index in [1.807, 2.05) is 0 Å². The molecular weight excluding hydrogens is 268 g/mol. The van der Waals surface area contributed by atoms with Crippen molar-refractivity contribution in [3.63, 3.8) is 0 Å². The van der Waals surface area contributed by atoms with Gasteiger partial charge in [-0.2, -0.15) is 0 Å². The Labute approximate surface area is 123 Å². The number of ether oxygens (including phenoxy) is 1. The van der Waals surface area contributed by atoms with Crippen LogP contribution in [-0.4, -0.2) is 35.5 Å². The first kappa shape index (κ1) is 12.8. The number of nitrogen functional groups attached to an aromatic ring is 1. The minimum Gasteiger partial charge on any atom is -0.398 e. The average molecular weight is 286 g/mol. The number of anilines is 1. The van der Waals surface area contributed by atoms with Crippen LogP contribution < -0.4 is 5.73 Å². The maximum absolute atomic E-state index is 12.7. The van der Waals surface area contributed by atoms with Crippen molar-refractivity contribution in [2.45, 2.75) is 32.4 Å². The van der Waals surface area contributed by atoms with E-state index in [0.717, 1.165) is 6.42 Å². The summed E-state index contributed by atoms with van der Waals surface area (Å²) in [6.45, 7) is 4.84. The van der Waals surface area contributed by atoms with Gasteiger partial charge in [0.1, 0.15) is 0 Å². The molecule has 3 aliphatic rings. The number of hydrogen-bond donors (Lipinski definition) is 1. The van der Waals surface area contributed by atoms with Gasteiger partial charge in [0.25, 0.3) is 11.8 Å². The van der Waals surface area contributed by atoms with Crippen LogP contribution in [0.3, 0.4) is 0 Å². The van der Waals surface area contributed by atoms with Crippen LogP contribution in [0.1, 0.15) is 41.0 Å². The number of carbonyl (C=O) groups is 2. The zero-order valence-corrected chi connectivity index (χ0v) is 12.1. The van der Waals surface area contributed by atoms with Gasteiger partial charge in [0.05, 0.1) is 23.3 Å². The summed E-state index contributed by atoms with van der Waals surface area (Å²) < 4.78 is 5.75. The van der Waals surface area contributed by atoms with Gasteiger partial charge in [0.15, 0.2) is 0 Å². The number of nitrogens with zero attached hydrogens (tertiary/aromatic N) is 1. The predicted molar refractivity (Wildman–Crippen MR) is 76.8 cm³/mol. The second kappa shape index (κ2) is 3.85. The summed E-state index contributed by atoms with van der Waals surface area (Å²) in [5.74, 6) is -0.217. The van der Waals surface area contributed by atoms with Crippen molar-refractivity contribution in [1.82, 2.24) is 4.90 Å². The molecule has 3 atom stereocenters. The maximum Gasteiger partial charge on any atom is 0.263 e. The fourth-order valence-electron chi connectivity index (χ4n) is 4.40. The number of benzene rings is 1. The van der Waals surface area contributed by atoms with Crippen LogP contribution in [0, 0.1) is 11.3 Å². The molecule has 3 unspecified atom stereocenters. The molecule has 1 saturated heterocycles. The summed E-state index contributed by atoms with van der Waals surface area (Å²) in [5, 5.41) is 0. The molecule has 1 aliphatic carbocycles. The minimum absolute atomic E-state index is 0.100. The van der Waals surface area contributed by atoms with Gasteiger partial charge in [-0.05, 0) is 18.6 Å². The van der Waals surface area contributed by atoms with Crippen molar-refractivity contribution in [2.24, 2.45) is 11.3 Å². The van der Waals surface area contributed by atoms with Crippen LogP contribution in [0.4, 0.5) is 5.69 Å². The standard InChI is InChI=1S/C16H18N2O3/c1-16(2)12(9-6-7-21-13(9)16)18-14(19)8-4-3-5-10(17)11(8)15(18)20/h3-5,9,12-13H,6-7,17H2,1-2H3. The first-order valence-corrected chi connectivity index (χ1v) is 7.32. The Hall–Kier alpha value is -1.88. The molecule has 5 nitrogen and oxygen atoms in total. The third-order valence-electron chi connectivity index (χ3n) is 5.30. The lowest BCUT2D eigenvalue weighted by atomic mass is 9.56. The normalized spacial score (nSPS) is 32.9. The van der Waals surface area contributed by atoms with E-state index in [1.165, 1.54) is 4.90 Å². The largest absolute Gasteiger partial charge is 0.398 e. The van der Waals surface area contributed by atoms with Gasteiger partial charge in [-0.1, -0.05) is 19.9 Å². The first-order chi connectivity index (χ1) is 9.94.